The van der Waals surface area contributed by atoms with E-state index in [2.05, 4.69) is 31.3 Å². The van der Waals surface area contributed by atoms with E-state index in [0.717, 1.165) is 12.0 Å². The van der Waals surface area contributed by atoms with Crippen molar-refractivity contribution in [2.45, 2.75) is 32.9 Å². The molecular weight excluding hydrogens is 272 g/mol. The van der Waals surface area contributed by atoms with Crippen molar-refractivity contribution >= 4 is 17.0 Å². The smallest absolute Gasteiger partial charge is 0.273 e. The van der Waals surface area contributed by atoms with E-state index >= 15 is 0 Å². The molecule has 1 heterocycles. The van der Waals surface area contributed by atoms with Crippen LogP contribution in [-0.4, -0.2) is 4.92 Å². The van der Waals surface area contributed by atoms with E-state index in [0.29, 0.717) is 6.54 Å². The Kier molecular flexibility index (Phi) is 4.87. The molecule has 1 aromatic carbocycles. The Labute approximate surface area is 122 Å². The van der Waals surface area contributed by atoms with E-state index in [1.54, 1.807) is 29.5 Å². The fourth-order valence-corrected chi connectivity index (χ4v) is 3.00. The van der Waals surface area contributed by atoms with E-state index in [-0.39, 0.29) is 16.7 Å². The van der Waals surface area contributed by atoms with E-state index in [4.69, 9.17) is 0 Å². The molecule has 4 nitrogen and oxygen atoms in total. The van der Waals surface area contributed by atoms with Crippen molar-refractivity contribution in [3.05, 3.63) is 61.8 Å². The summed E-state index contributed by atoms with van der Waals surface area (Å²) in [5.74, 6) is 0. The number of hydrogen-bond acceptors (Lipinski definition) is 4. The molecule has 20 heavy (non-hydrogen) atoms. The molecule has 1 aromatic heterocycles. The van der Waals surface area contributed by atoms with Gasteiger partial charge < -0.3 is 5.32 Å². The number of benzene rings is 1. The van der Waals surface area contributed by atoms with Gasteiger partial charge in [0.15, 0.2) is 0 Å². The lowest BCUT2D eigenvalue weighted by Crippen LogP contribution is -2.17. The Morgan fingerprint density at radius 2 is 2.05 bits per heavy atom. The number of aryl methyl sites for hydroxylation is 1. The van der Waals surface area contributed by atoms with Crippen LogP contribution in [0.25, 0.3) is 0 Å². The van der Waals surface area contributed by atoms with Crippen LogP contribution in [0.4, 0.5) is 5.69 Å². The van der Waals surface area contributed by atoms with Crippen LogP contribution >= 0.6 is 11.3 Å². The highest BCUT2D eigenvalue weighted by molar-refractivity contribution is 7.12. The molecule has 1 atom stereocenters. The molecular formula is C15H18N2O2S. The van der Waals surface area contributed by atoms with Gasteiger partial charge in [0.25, 0.3) is 5.69 Å². The Hall–Kier alpha value is -1.72. The van der Waals surface area contributed by atoms with Gasteiger partial charge in [0.1, 0.15) is 0 Å². The van der Waals surface area contributed by atoms with Gasteiger partial charge in [-0.2, -0.15) is 0 Å². The zero-order valence-corrected chi connectivity index (χ0v) is 12.4. The molecule has 0 fully saturated rings. The van der Waals surface area contributed by atoms with Gasteiger partial charge in [-0.05, 0) is 25.5 Å². The third-order valence-corrected chi connectivity index (χ3v) is 4.66. The predicted molar refractivity (Wildman–Crippen MR) is 82.0 cm³/mol. The van der Waals surface area contributed by atoms with Gasteiger partial charge in [0.2, 0.25) is 0 Å². The lowest BCUT2D eigenvalue weighted by Gasteiger charge is -2.12. The summed E-state index contributed by atoms with van der Waals surface area (Å²) in [6.07, 6.45) is 1.04. The van der Waals surface area contributed by atoms with Crippen molar-refractivity contribution in [2.75, 3.05) is 0 Å². The summed E-state index contributed by atoms with van der Waals surface area (Å²) in [4.78, 5) is 13.3. The van der Waals surface area contributed by atoms with Gasteiger partial charge in [-0.25, -0.2) is 0 Å². The van der Waals surface area contributed by atoms with Crippen molar-refractivity contribution in [2.24, 2.45) is 0 Å². The molecule has 2 aromatic rings. The van der Waals surface area contributed by atoms with Gasteiger partial charge in [0.05, 0.1) is 4.92 Å². The van der Waals surface area contributed by atoms with E-state index in [1.165, 1.54) is 9.75 Å². The van der Waals surface area contributed by atoms with Crippen LogP contribution in [0.3, 0.4) is 0 Å². The molecule has 1 N–H and O–H groups in total. The minimum atomic E-state index is -0.331. The van der Waals surface area contributed by atoms with Crippen LogP contribution in [0.1, 0.15) is 35.2 Å². The topological polar surface area (TPSA) is 55.2 Å². The number of nitro benzene ring substituents is 1. The normalized spacial score (nSPS) is 12.3. The number of rotatable bonds is 6. The van der Waals surface area contributed by atoms with Crippen molar-refractivity contribution in [1.82, 2.24) is 5.32 Å². The third kappa shape index (κ3) is 3.43. The van der Waals surface area contributed by atoms with E-state index in [9.17, 15) is 10.1 Å². The van der Waals surface area contributed by atoms with Crippen LogP contribution < -0.4 is 5.32 Å². The summed E-state index contributed by atoms with van der Waals surface area (Å²) >= 11 is 1.79. The maximum absolute atomic E-state index is 11.0. The summed E-state index contributed by atoms with van der Waals surface area (Å²) in [6.45, 7) is 4.72. The molecule has 0 aliphatic rings. The van der Waals surface area contributed by atoms with Crippen LogP contribution in [-0.2, 0) is 13.0 Å². The van der Waals surface area contributed by atoms with Gasteiger partial charge in [-0.1, -0.05) is 25.1 Å². The van der Waals surface area contributed by atoms with Crippen molar-refractivity contribution in [1.29, 1.82) is 0 Å². The summed E-state index contributed by atoms with van der Waals surface area (Å²) in [5.41, 5.74) is 0.893. The monoisotopic (exact) mass is 290 g/mol. The SMILES string of the molecule is CCc1ccc(C(C)NCc2ccccc2[N+](=O)[O-])s1. The Bertz CT molecular complexity index is 595. The van der Waals surface area contributed by atoms with Gasteiger partial charge in [-0.3, -0.25) is 10.1 Å². The second-order valence-corrected chi connectivity index (χ2v) is 5.85. The number of nitrogens with zero attached hydrogens (tertiary/aromatic N) is 1. The molecule has 2 rings (SSSR count). The highest BCUT2D eigenvalue weighted by Crippen LogP contribution is 2.24. The number of hydrogen-bond donors (Lipinski definition) is 1. The lowest BCUT2D eigenvalue weighted by molar-refractivity contribution is -0.385. The number of para-hydroxylation sites is 1. The van der Waals surface area contributed by atoms with Crippen LogP contribution in [0, 0.1) is 10.1 Å². The summed E-state index contributed by atoms with van der Waals surface area (Å²) in [5, 5.41) is 14.3. The van der Waals surface area contributed by atoms with Gasteiger partial charge in [0, 0.05) is 34.0 Å². The van der Waals surface area contributed by atoms with Gasteiger partial charge in [-0.15, -0.1) is 11.3 Å². The van der Waals surface area contributed by atoms with Gasteiger partial charge >= 0.3 is 0 Å². The minimum Gasteiger partial charge on any atom is -0.305 e. The minimum absolute atomic E-state index is 0.174. The highest BCUT2D eigenvalue weighted by atomic mass is 32.1. The van der Waals surface area contributed by atoms with Crippen molar-refractivity contribution in [3.63, 3.8) is 0 Å². The first-order valence-corrected chi connectivity index (χ1v) is 7.47. The first-order chi connectivity index (χ1) is 9.61. The standard InChI is InChI=1S/C15H18N2O2S/c1-3-13-8-9-15(20-13)11(2)16-10-12-6-4-5-7-14(12)17(18)19/h4-9,11,16H,3,10H2,1-2H3. The Morgan fingerprint density at radius 1 is 1.30 bits per heavy atom. The quantitative estimate of drug-likeness (QED) is 0.644. The molecule has 5 heteroatoms. The van der Waals surface area contributed by atoms with Crippen LogP contribution in [0.15, 0.2) is 36.4 Å². The molecule has 0 bridgehead atoms. The Balaban J connectivity index is 2.03. The largest absolute Gasteiger partial charge is 0.305 e. The van der Waals surface area contributed by atoms with Crippen LogP contribution in [0.2, 0.25) is 0 Å². The molecule has 0 amide bonds. The fraction of sp³-hybridized carbons (Fsp3) is 0.333. The van der Waals surface area contributed by atoms with Crippen LogP contribution in [0.5, 0.6) is 0 Å². The zero-order valence-electron chi connectivity index (χ0n) is 11.6. The molecule has 1 unspecified atom stereocenters. The number of nitrogens with one attached hydrogen (secondary N) is 1. The number of nitro groups is 1. The molecule has 0 spiro atoms. The number of thiophene rings is 1. The first-order valence-electron chi connectivity index (χ1n) is 6.66. The fourth-order valence-electron chi connectivity index (χ4n) is 2.02. The highest BCUT2D eigenvalue weighted by Gasteiger charge is 2.14. The summed E-state index contributed by atoms with van der Waals surface area (Å²) in [6, 6.07) is 11.3. The predicted octanol–water partition coefficient (Wildman–Crippen LogP) is 4.07. The second kappa shape index (κ2) is 6.63. The molecule has 0 saturated carbocycles. The molecule has 0 radical (unpaired) electrons. The average Bonchev–Trinajstić information content (AvgIpc) is 2.94. The molecule has 0 aliphatic carbocycles. The molecule has 0 aliphatic heterocycles. The maximum atomic E-state index is 11.0. The van der Waals surface area contributed by atoms with Crippen molar-refractivity contribution < 1.29 is 4.92 Å². The lowest BCUT2D eigenvalue weighted by atomic mass is 10.1. The van der Waals surface area contributed by atoms with E-state index in [1.807, 2.05) is 6.07 Å². The Morgan fingerprint density at radius 3 is 2.70 bits per heavy atom. The second-order valence-electron chi connectivity index (χ2n) is 4.65. The molecule has 0 saturated heterocycles. The van der Waals surface area contributed by atoms with E-state index < -0.39 is 0 Å². The zero-order chi connectivity index (χ0) is 14.5. The molecule has 106 valence electrons. The van der Waals surface area contributed by atoms with Crippen molar-refractivity contribution in [3.8, 4) is 0 Å². The first kappa shape index (κ1) is 14.7. The summed E-state index contributed by atoms with van der Waals surface area (Å²) < 4.78 is 0. The third-order valence-electron chi connectivity index (χ3n) is 3.24. The average molecular weight is 290 g/mol. The maximum Gasteiger partial charge on any atom is 0.273 e. The summed E-state index contributed by atoms with van der Waals surface area (Å²) in [7, 11) is 0.